The van der Waals surface area contributed by atoms with Gasteiger partial charge in [-0.25, -0.2) is 9.97 Å². The lowest BCUT2D eigenvalue weighted by molar-refractivity contribution is 0.505. The molecule has 3 aromatic heterocycles. The fourth-order valence-electron chi connectivity index (χ4n) is 2.03. The van der Waals surface area contributed by atoms with E-state index in [-0.39, 0.29) is 0 Å². The van der Waals surface area contributed by atoms with E-state index in [1.165, 1.54) is 0 Å². The molecule has 0 amide bonds. The number of fused-ring (bicyclic) bond motifs is 1. The second-order valence-corrected chi connectivity index (χ2v) is 4.23. The number of hydrogen-bond acceptors (Lipinski definition) is 4. The standard InChI is InChI=1S/C13H14N4O/c1-7-6-9(8(2)18-7)12-15-10-4-5-11(14-3)16-13(10)17-12/h4-6H,1-3H3,(H2,14,15,16,17). The first-order chi connectivity index (χ1) is 8.67. The van der Waals surface area contributed by atoms with E-state index in [1.54, 1.807) is 0 Å². The predicted molar refractivity (Wildman–Crippen MR) is 70.6 cm³/mol. The van der Waals surface area contributed by atoms with E-state index >= 15 is 0 Å². The largest absolute Gasteiger partial charge is 0.466 e. The third kappa shape index (κ3) is 1.64. The van der Waals surface area contributed by atoms with Gasteiger partial charge in [0.25, 0.3) is 0 Å². The van der Waals surface area contributed by atoms with Crippen LogP contribution in [0.2, 0.25) is 0 Å². The molecule has 0 aromatic carbocycles. The van der Waals surface area contributed by atoms with Gasteiger partial charge in [0.15, 0.2) is 5.65 Å². The third-order valence-electron chi connectivity index (χ3n) is 2.90. The lowest BCUT2D eigenvalue weighted by Gasteiger charge is -1.95. The Hall–Kier alpha value is -2.30. The molecule has 5 heteroatoms. The normalized spacial score (nSPS) is 11.1. The smallest absolute Gasteiger partial charge is 0.180 e. The van der Waals surface area contributed by atoms with Crippen LogP contribution < -0.4 is 5.32 Å². The average molecular weight is 242 g/mol. The average Bonchev–Trinajstić information content (AvgIpc) is 2.90. The summed E-state index contributed by atoms with van der Waals surface area (Å²) < 4.78 is 5.52. The minimum atomic E-state index is 0.704. The maximum Gasteiger partial charge on any atom is 0.180 e. The van der Waals surface area contributed by atoms with Crippen molar-refractivity contribution in [1.82, 2.24) is 15.0 Å². The van der Waals surface area contributed by atoms with E-state index in [0.29, 0.717) is 5.65 Å². The molecular formula is C13H14N4O. The summed E-state index contributed by atoms with van der Waals surface area (Å²) in [5.74, 6) is 3.34. The molecule has 0 unspecified atom stereocenters. The van der Waals surface area contributed by atoms with Gasteiger partial charge >= 0.3 is 0 Å². The van der Waals surface area contributed by atoms with Crippen molar-refractivity contribution in [2.24, 2.45) is 0 Å². The van der Waals surface area contributed by atoms with Gasteiger partial charge < -0.3 is 14.7 Å². The molecule has 0 saturated carbocycles. The van der Waals surface area contributed by atoms with Crippen molar-refractivity contribution in [3.05, 3.63) is 29.7 Å². The molecule has 2 N–H and O–H groups in total. The zero-order chi connectivity index (χ0) is 12.7. The van der Waals surface area contributed by atoms with Crippen molar-refractivity contribution < 1.29 is 4.42 Å². The highest BCUT2D eigenvalue weighted by Crippen LogP contribution is 2.26. The van der Waals surface area contributed by atoms with Gasteiger partial charge in [-0.3, -0.25) is 0 Å². The minimum absolute atomic E-state index is 0.704. The number of hydrogen-bond donors (Lipinski definition) is 2. The van der Waals surface area contributed by atoms with Crippen LogP contribution in [0.5, 0.6) is 0 Å². The van der Waals surface area contributed by atoms with Gasteiger partial charge in [0.2, 0.25) is 0 Å². The summed E-state index contributed by atoms with van der Waals surface area (Å²) in [4.78, 5) is 12.1. The van der Waals surface area contributed by atoms with Gasteiger partial charge in [-0.2, -0.15) is 0 Å². The Bertz CT molecular complexity index is 711. The summed E-state index contributed by atoms with van der Waals surface area (Å²) in [5.41, 5.74) is 2.61. The molecule has 0 spiro atoms. The predicted octanol–water partition coefficient (Wildman–Crippen LogP) is 2.88. The highest BCUT2D eigenvalue weighted by molar-refractivity contribution is 5.78. The van der Waals surface area contributed by atoms with Crippen LogP contribution in [0.15, 0.2) is 22.6 Å². The van der Waals surface area contributed by atoms with Gasteiger partial charge in [0.05, 0.1) is 11.1 Å². The number of H-pyrrole nitrogens is 1. The van der Waals surface area contributed by atoms with Crippen LogP contribution in [0, 0.1) is 13.8 Å². The lowest BCUT2D eigenvalue weighted by atomic mass is 10.2. The summed E-state index contributed by atoms with van der Waals surface area (Å²) in [7, 11) is 1.84. The van der Waals surface area contributed by atoms with Crippen molar-refractivity contribution in [2.45, 2.75) is 13.8 Å². The summed E-state index contributed by atoms with van der Waals surface area (Å²) in [5, 5.41) is 3.00. The molecule has 3 rings (SSSR count). The Kier molecular flexibility index (Phi) is 2.33. The first kappa shape index (κ1) is 10.8. The topological polar surface area (TPSA) is 66.7 Å². The van der Waals surface area contributed by atoms with Crippen LogP contribution in [0.4, 0.5) is 5.82 Å². The second-order valence-electron chi connectivity index (χ2n) is 4.23. The first-order valence-corrected chi connectivity index (χ1v) is 5.79. The minimum Gasteiger partial charge on any atom is -0.466 e. The number of aryl methyl sites for hydroxylation is 2. The fourth-order valence-corrected chi connectivity index (χ4v) is 2.03. The van der Waals surface area contributed by atoms with Crippen LogP contribution in [-0.2, 0) is 0 Å². The van der Waals surface area contributed by atoms with Crippen LogP contribution in [0.25, 0.3) is 22.6 Å². The van der Waals surface area contributed by atoms with E-state index < -0.39 is 0 Å². The van der Waals surface area contributed by atoms with Crippen LogP contribution in [-0.4, -0.2) is 22.0 Å². The number of nitrogens with zero attached hydrogens (tertiary/aromatic N) is 2. The Morgan fingerprint density at radius 1 is 1.22 bits per heavy atom. The maximum absolute atomic E-state index is 5.52. The van der Waals surface area contributed by atoms with Crippen molar-refractivity contribution in [1.29, 1.82) is 0 Å². The van der Waals surface area contributed by atoms with Crippen molar-refractivity contribution in [3.63, 3.8) is 0 Å². The summed E-state index contributed by atoms with van der Waals surface area (Å²) in [6, 6.07) is 5.86. The molecule has 0 radical (unpaired) electrons. The number of nitrogens with one attached hydrogen (secondary N) is 2. The quantitative estimate of drug-likeness (QED) is 0.725. The van der Waals surface area contributed by atoms with E-state index in [0.717, 1.165) is 34.2 Å². The summed E-state index contributed by atoms with van der Waals surface area (Å²) in [6.45, 7) is 3.86. The van der Waals surface area contributed by atoms with Crippen molar-refractivity contribution in [2.75, 3.05) is 12.4 Å². The van der Waals surface area contributed by atoms with E-state index in [4.69, 9.17) is 4.42 Å². The summed E-state index contributed by atoms with van der Waals surface area (Å²) >= 11 is 0. The third-order valence-corrected chi connectivity index (χ3v) is 2.90. The van der Waals surface area contributed by atoms with Gasteiger partial charge in [0, 0.05) is 7.05 Å². The highest BCUT2D eigenvalue weighted by atomic mass is 16.3. The molecule has 3 aromatic rings. The Morgan fingerprint density at radius 2 is 2.06 bits per heavy atom. The van der Waals surface area contributed by atoms with Crippen molar-refractivity contribution in [3.8, 4) is 11.4 Å². The van der Waals surface area contributed by atoms with Gasteiger partial charge in [-0.15, -0.1) is 0 Å². The Morgan fingerprint density at radius 3 is 2.72 bits per heavy atom. The summed E-state index contributed by atoms with van der Waals surface area (Å²) in [6.07, 6.45) is 0. The molecule has 0 aliphatic rings. The number of anilines is 1. The molecule has 0 saturated heterocycles. The number of rotatable bonds is 2. The Balaban J connectivity index is 2.16. The van der Waals surface area contributed by atoms with Gasteiger partial charge in [0.1, 0.15) is 23.2 Å². The number of pyridine rings is 1. The monoisotopic (exact) mass is 242 g/mol. The molecule has 5 nitrogen and oxygen atoms in total. The fraction of sp³-hybridized carbons (Fsp3) is 0.231. The lowest BCUT2D eigenvalue weighted by Crippen LogP contribution is -1.91. The first-order valence-electron chi connectivity index (χ1n) is 5.79. The van der Waals surface area contributed by atoms with Gasteiger partial charge in [-0.05, 0) is 32.0 Å². The zero-order valence-corrected chi connectivity index (χ0v) is 10.5. The van der Waals surface area contributed by atoms with E-state index in [9.17, 15) is 0 Å². The molecule has 18 heavy (non-hydrogen) atoms. The molecule has 0 fully saturated rings. The van der Waals surface area contributed by atoms with E-state index in [1.807, 2.05) is 39.1 Å². The van der Waals surface area contributed by atoms with Gasteiger partial charge in [-0.1, -0.05) is 0 Å². The molecule has 0 bridgehead atoms. The molecule has 0 aliphatic carbocycles. The highest BCUT2D eigenvalue weighted by Gasteiger charge is 2.12. The zero-order valence-electron chi connectivity index (χ0n) is 10.5. The molecular weight excluding hydrogens is 228 g/mol. The van der Waals surface area contributed by atoms with Crippen LogP contribution in [0.1, 0.15) is 11.5 Å². The SMILES string of the molecule is CNc1ccc2[nH]c(-c3cc(C)oc3C)nc2n1. The van der Waals surface area contributed by atoms with Crippen LogP contribution in [0.3, 0.4) is 0 Å². The molecule has 0 aliphatic heterocycles. The Labute approximate surface area is 104 Å². The number of aromatic nitrogens is 3. The molecule has 3 heterocycles. The molecule has 92 valence electrons. The second kappa shape index (κ2) is 3.87. The number of aromatic amines is 1. The maximum atomic E-state index is 5.52. The van der Waals surface area contributed by atoms with E-state index in [2.05, 4.69) is 20.3 Å². The molecule has 0 atom stereocenters. The number of imidazole rings is 1. The number of furan rings is 1. The van der Waals surface area contributed by atoms with Crippen molar-refractivity contribution >= 4 is 17.0 Å². The van der Waals surface area contributed by atoms with Crippen LogP contribution >= 0.6 is 0 Å².